The molecule has 3 aromatic rings. The van der Waals surface area contributed by atoms with Crippen LogP contribution in [0.3, 0.4) is 0 Å². The molecule has 4 rings (SSSR count). The summed E-state index contributed by atoms with van der Waals surface area (Å²) in [6, 6.07) is 23.3. The quantitative estimate of drug-likeness (QED) is 0.221. The number of carbonyl (C=O) groups excluding carboxylic acids is 2. The van der Waals surface area contributed by atoms with Crippen molar-refractivity contribution in [2.75, 3.05) is 18.1 Å². The van der Waals surface area contributed by atoms with Crippen LogP contribution in [0.2, 0.25) is 0 Å². The van der Waals surface area contributed by atoms with Crippen molar-refractivity contribution in [3.63, 3.8) is 0 Å². The molecule has 1 heterocycles. The van der Waals surface area contributed by atoms with Crippen molar-refractivity contribution in [3.8, 4) is 0 Å². The van der Waals surface area contributed by atoms with Gasteiger partial charge in [0.15, 0.2) is 5.60 Å². The zero-order chi connectivity index (χ0) is 27.3. The van der Waals surface area contributed by atoms with Crippen molar-refractivity contribution < 1.29 is 19.8 Å². The second-order valence-corrected chi connectivity index (χ2v) is 11.9. The number of hydrogen-bond acceptors (Lipinski definition) is 4. The predicted molar refractivity (Wildman–Crippen MR) is 165 cm³/mol. The van der Waals surface area contributed by atoms with Gasteiger partial charge in [-0.15, -0.1) is 0 Å². The SMILES string of the molecule is C[C@@H](/C=C/CC(=O)N(CCO)Cc1ccccc1)[C@]1(O)C(=O)N(Cc2cccc(I)c2)c2ccc(I)cc21. The van der Waals surface area contributed by atoms with Crippen molar-refractivity contribution in [2.45, 2.75) is 32.0 Å². The number of rotatable bonds is 10. The van der Waals surface area contributed by atoms with Crippen LogP contribution in [-0.2, 0) is 28.3 Å². The summed E-state index contributed by atoms with van der Waals surface area (Å²) in [5.41, 5.74) is 1.50. The Balaban J connectivity index is 1.52. The van der Waals surface area contributed by atoms with Crippen molar-refractivity contribution in [1.82, 2.24) is 4.90 Å². The highest BCUT2D eigenvalue weighted by atomic mass is 127. The molecule has 8 heteroatoms. The Morgan fingerprint density at radius 2 is 1.74 bits per heavy atom. The Morgan fingerprint density at radius 3 is 2.45 bits per heavy atom. The standard InChI is InChI=1S/C30H30I2N2O4/c1-21(7-5-12-28(36)33(15-16-35)19-22-8-3-2-4-9-22)30(38)26-18-25(32)13-14-27(26)34(29(30)37)20-23-10-6-11-24(31)17-23/h2-11,13-14,17-18,21,35,38H,12,15-16,19-20H2,1H3/b7-5+/t21-,30+/m0/s1. The molecule has 0 bridgehead atoms. The van der Waals surface area contributed by atoms with Crippen LogP contribution in [0.5, 0.6) is 0 Å². The molecular formula is C30H30I2N2O4. The lowest BCUT2D eigenvalue weighted by atomic mass is 9.83. The van der Waals surface area contributed by atoms with Gasteiger partial charge >= 0.3 is 0 Å². The molecule has 1 aliphatic heterocycles. The average molecular weight is 736 g/mol. The molecule has 0 radical (unpaired) electrons. The van der Waals surface area contributed by atoms with E-state index >= 15 is 0 Å². The molecule has 198 valence electrons. The second kappa shape index (κ2) is 12.7. The number of aliphatic hydroxyl groups excluding tert-OH is 1. The number of hydrogen-bond donors (Lipinski definition) is 2. The Morgan fingerprint density at radius 1 is 1.03 bits per heavy atom. The third-order valence-corrected chi connectivity index (χ3v) is 8.12. The zero-order valence-corrected chi connectivity index (χ0v) is 25.4. The summed E-state index contributed by atoms with van der Waals surface area (Å²) in [4.78, 5) is 29.9. The van der Waals surface area contributed by atoms with Gasteiger partial charge in [0.1, 0.15) is 0 Å². The summed E-state index contributed by atoms with van der Waals surface area (Å²) in [5.74, 6) is -1.07. The van der Waals surface area contributed by atoms with Gasteiger partial charge in [0.05, 0.1) is 18.8 Å². The van der Waals surface area contributed by atoms with Crippen molar-refractivity contribution in [3.05, 3.63) is 109 Å². The maximum Gasteiger partial charge on any atom is 0.264 e. The van der Waals surface area contributed by atoms with Gasteiger partial charge < -0.3 is 20.0 Å². The maximum atomic E-state index is 13.8. The van der Waals surface area contributed by atoms with Crippen LogP contribution >= 0.6 is 45.2 Å². The number of anilines is 1. The Kier molecular flexibility index (Phi) is 9.61. The van der Waals surface area contributed by atoms with Crippen LogP contribution in [0.4, 0.5) is 5.69 Å². The van der Waals surface area contributed by atoms with Gasteiger partial charge in [0, 0.05) is 38.1 Å². The van der Waals surface area contributed by atoms with E-state index in [1.54, 1.807) is 28.9 Å². The first kappa shape index (κ1) is 28.7. The number of aliphatic hydroxyl groups is 2. The third kappa shape index (κ3) is 6.30. The Labute approximate surface area is 250 Å². The molecule has 0 saturated heterocycles. The van der Waals surface area contributed by atoms with Gasteiger partial charge in [-0.3, -0.25) is 9.59 Å². The molecular weight excluding hydrogens is 706 g/mol. The van der Waals surface area contributed by atoms with Crippen LogP contribution in [0.25, 0.3) is 0 Å². The maximum absolute atomic E-state index is 13.8. The fraction of sp³-hybridized carbons (Fsp3) is 0.267. The lowest BCUT2D eigenvalue weighted by Gasteiger charge is -2.28. The van der Waals surface area contributed by atoms with Gasteiger partial charge in [0.25, 0.3) is 5.91 Å². The number of benzene rings is 3. The molecule has 0 aromatic heterocycles. The van der Waals surface area contributed by atoms with Gasteiger partial charge in [-0.1, -0.05) is 61.5 Å². The van der Waals surface area contributed by atoms with Crippen LogP contribution < -0.4 is 4.90 Å². The summed E-state index contributed by atoms with van der Waals surface area (Å²) in [6.45, 7) is 2.67. The predicted octanol–water partition coefficient (Wildman–Crippen LogP) is 5.23. The fourth-order valence-corrected chi connectivity index (χ4v) is 5.85. The lowest BCUT2D eigenvalue weighted by molar-refractivity contribution is -0.139. The molecule has 2 N–H and O–H groups in total. The first-order chi connectivity index (χ1) is 18.2. The molecule has 0 aliphatic carbocycles. The molecule has 38 heavy (non-hydrogen) atoms. The largest absolute Gasteiger partial charge is 0.395 e. The normalized spacial score (nSPS) is 17.6. The molecule has 3 aromatic carbocycles. The topological polar surface area (TPSA) is 81.1 Å². The Bertz CT molecular complexity index is 1330. The monoisotopic (exact) mass is 736 g/mol. The van der Waals surface area contributed by atoms with Crippen molar-refractivity contribution in [2.24, 2.45) is 5.92 Å². The summed E-state index contributed by atoms with van der Waals surface area (Å²) in [7, 11) is 0. The Hall–Kier alpha value is -2.28. The number of carbonyl (C=O) groups is 2. The minimum atomic E-state index is -1.74. The molecule has 6 nitrogen and oxygen atoms in total. The molecule has 0 fully saturated rings. The first-order valence-electron chi connectivity index (χ1n) is 12.4. The smallest absolute Gasteiger partial charge is 0.264 e. The molecule has 2 atom stereocenters. The summed E-state index contributed by atoms with van der Waals surface area (Å²) in [5, 5.41) is 21.3. The molecule has 0 unspecified atom stereocenters. The van der Waals surface area contributed by atoms with E-state index in [1.165, 1.54) is 0 Å². The van der Waals surface area contributed by atoms with Crippen LogP contribution in [-0.4, -0.2) is 40.1 Å². The van der Waals surface area contributed by atoms with E-state index in [0.717, 1.165) is 18.3 Å². The fourth-order valence-electron chi connectivity index (χ4n) is 4.75. The van der Waals surface area contributed by atoms with Crippen LogP contribution in [0.1, 0.15) is 30.0 Å². The van der Waals surface area contributed by atoms with Gasteiger partial charge in [-0.05, 0) is 86.6 Å². The highest BCUT2D eigenvalue weighted by Crippen LogP contribution is 2.46. The van der Waals surface area contributed by atoms with Crippen molar-refractivity contribution >= 4 is 62.7 Å². The van der Waals surface area contributed by atoms with Gasteiger partial charge in [-0.25, -0.2) is 0 Å². The first-order valence-corrected chi connectivity index (χ1v) is 14.6. The van der Waals surface area contributed by atoms with E-state index in [-0.39, 0.29) is 31.4 Å². The van der Waals surface area contributed by atoms with Crippen LogP contribution in [0, 0.1) is 13.1 Å². The summed E-state index contributed by atoms with van der Waals surface area (Å²) >= 11 is 4.43. The van der Waals surface area contributed by atoms with E-state index in [1.807, 2.05) is 72.8 Å². The van der Waals surface area contributed by atoms with Crippen molar-refractivity contribution in [1.29, 1.82) is 0 Å². The summed E-state index contributed by atoms with van der Waals surface area (Å²) < 4.78 is 2.00. The highest BCUT2D eigenvalue weighted by molar-refractivity contribution is 14.1. The molecule has 1 aliphatic rings. The van der Waals surface area contributed by atoms with E-state index < -0.39 is 11.5 Å². The van der Waals surface area contributed by atoms with Gasteiger partial charge in [-0.2, -0.15) is 0 Å². The number of amides is 2. The minimum Gasteiger partial charge on any atom is -0.395 e. The highest BCUT2D eigenvalue weighted by Gasteiger charge is 2.52. The van der Waals surface area contributed by atoms with Gasteiger partial charge in [0.2, 0.25) is 5.91 Å². The minimum absolute atomic E-state index is 0.104. The van der Waals surface area contributed by atoms with E-state index in [0.29, 0.717) is 24.3 Å². The lowest BCUT2D eigenvalue weighted by Crippen LogP contribution is -2.44. The number of fused-ring (bicyclic) bond motifs is 1. The number of nitrogens with zero attached hydrogens (tertiary/aromatic N) is 2. The third-order valence-electron chi connectivity index (χ3n) is 6.78. The molecule has 2 amide bonds. The number of halogens is 2. The van der Waals surface area contributed by atoms with E-state index in [2.05, 4.69) is 45.2 Å². The zero-order valence-electron chi connectivity index (χ0n) is 21.1. The summed E-state index contributed by atoms with van der Waals surface area (Å²) in [6.07, 6.45) is 3.56. The molecule has 0 saturated carbocycles. The van der Waals surface area contributed by atoms with E-state index in [9.17, 15) is 19.8 Å². The van der Waals surface area contributed by atoms with E-state index in [4.69, 9.17) is 0 Å². The van der Waals surface area contributed by atoms with Crippen LogP contribution in [0.15, 0.2) is 84.9 Å². The second-order valence-electron chi connectivity index (χ2n) is 9.39. The average Bonchev–Trinajstić information content (AvgIpc) is 3.11. The molecule has 0 spiro atoms.